The van der Waals surface area contributed by atoms with Gasteiger partial charge in [-0.2, -0.15) is 5.10 Å². The first-order valence-corrected chi connectivity index (χ1v) is 8.24. The number of amides is 1. The molecule has 3 aromatic rings. The summed E-state index contributed by atoms with van der Waals surface area (Å²) in [4.78, 5) is 24.5. The van der Waals surface area contributed by atoms with Gasteiger partial charge in [-0.1, -0.05) is 29.3 Å². The minimum Gasteiger partial charge on any atom is -0.495 e. The predicted molar refractivity (Wildman–Crippen MR) is 101 cm³/mol. The molecule has 132 valence electrons. The number of carbonyl (C=O) groups excluding carboxylic acids is 1. The summed E-state index contributed by atoms with van der Waals surface area (Å²) < 4.78 is 6.47. The van der Waals surface area contributed by atoms with E-state index in [0.29, 0.717) is 27.2 Å². The van der Waals surface area contributed by atoms with Crippen molar-refractivity contribution in [2.75, 3.05) is 12.4 Å². The Morgan fingerprint density at radius 1 is 1.15 bits per heavy atom. The monoisotopic (exact) mass is 389 g/mol. The van der Waals surface area contributed by atoms with Crippen LogP contribution in [0.4, 0.5) is 5.69 Å². The van der Waals surface area contributed by atoms with Gasteiger partial charge in [0.25, 0.3) is 5.91 Å². The summed E-state index contributed by atoms with van der Waals surface area (Å²) >= 11 is 12.0. The minimum absolute atomic E-state index is 0.251. The summed E-state index contributed by atoms with van der Waals surface area (Å²) in [5.41, 5.74) is 0.291. The lowest BCUT2D eigenvalue weighted by molar-refractivity contribution is 0.101. The molecular formula is C18H13Cl2N3O3. The highest BCUT2D eigenvalue weighted by atomic mass is 35.5. The second-order valence-electron chi connectivity index (χ2n) is 5.26. The Balaban J connectivity index is 1.91. The molecule has 0 radical (unpaired) electrons. The molecule has 8 heteroatoms. The van der Waals surface area contributed by atoms with Gasteiger partial charge in [0, 0.05) is 23.0 Å². The number of aromatic nitrogens is 2. The number of nitrogens with zero attached hydrogens (tertiary/aromatic N) is 2. The van der Waals surface area contributed by atoms with Crippen LogP contribution in [0.1, 0.15) is 10.5 Å². The quantitative estimate of drug-likeness (QED) is 0.736. The van der Waals surface area contributed by atoms with E-state index >= 15 is 0 Å². The Hall–Kier alpha value is -2.83. The van der Waals surface area contributed by atoms with Crippen molar-refractivity contribution < 1.29 is 9.53 Å². The molecule has 3 rings (SSSR count). The van der Waals surface area contributed by atoms with Crippen molar-refractivity contribution >= 4 is 34.8 Å². The average Bonchev–Trinajstić information content (AvgIpc) is 2.62. The number of nitrogens with one attached hydrogen (secondary N) is 1. The number of anilines is 1. The third-order valence-corrected chi connectivity index (χ3v) is 4.04. The molecule has 26 heavy (non-hydrogen) atoms. The van der Waals surface area contributed by atoms with Crippen LogP contribution in [-0.2, 0) is 0 Å². The molecule has 1 heterocycles. The normalized spacial score (nSPS) is 10.4. The van der Waals surface area contributed by atoms with Crippen molar-refractivity contribution in [3.05, 3.63) is 80.7 Å². The molecular weight excluding hydrogens is 377 g/mol. The van der Waals surface area contributed by atoms with E-state index in [0.717, 1.165) is 0 Å². The molecule has 0 bridgehead atoms. The Morgan fingerprint density at radius 2 is 1.96 bits per heavy atom. The lowest BCUT2D eigenvalue weighted by Crippen LogP contribution is -2.25. The SMILES string of the molecule is COc1ccc(NC(=O)c2nn(-c3cccc(Cl)c3)ccc2=O)cc1Cl. The molecule has 0 spiro atoms. The van der Waals surface area contributed by atoms with Gasteiger partial charge in [-0.05, 0) is 36.4 Å². The van der Waals surface area contributed by atoms with Gasteiger partial charge in [0.05, 0.1) is 17.8 Å². The zero-order chi connectivity index (χ0) is 18.7. The maximum Gasteiger partial charge on any atom is 0.280 e. The standard InChI is InChI=1S/C18H13Cl2N3O3/c1-26-16-6-5-12(10-14(16)20)21-18(25)17-15(24)7-8-23(22-17)13-4-2-3-11(19)9-13/h2-10H,1H3,(H,21,25). The van der Waals surface area contributed by atoms with Crippen LogP contribution in [0.2, 0.25) is 10.0 Å². The molecule has 0 aliphatic rings. The van der Waals surface area contributed by atoms with E-state index in [1.165, 1.54) is 30.1 Å². The van der Waals surface area contributed by atoms with E-state index < -0.39 is 11.3 Å². The smallest absolute Gasteiger partial charge is 0.280 e. The van der Waals surface area contributed by atoms with Crippen LogP contribution in [0, 0.1) is 0 Å². The van der Waals surface area contributed by atoms with E-state index in [1.54, 1.807) is 36.4 Å². The Bertz CT molecular complexity index is 1030. The highest BCUT2D eigenvalue weighted by molar-refractivity contribution is 6.32. The largest absolute Gasteiger partial charge is 0.495 e. The van der Waals surface area contributed by atoms with Crippen LogP contribution >= 0.6 is 23.2 Å². The van der Waals surface area contributed by atoms with E-state index in [2.05, 4.69) is 10.4 Å². The van der Waals surface area contributed by atoms with Crippen LogP contribution < -0.4 is 15.5 Å². The number of methoxy groups -OCH3 is 1. The first-order chi connectivity index (χ1) is 12.5. The fraction of sp³-hybridized carbons (Fsp3) is 0.0556. The minimum atomic E-state index is -0.646. The lowest BCUT2D eigenvalue weighted by Gasteiger charge is -2.09. The van der Waals surface area contributed by atoms with Crippen LogP contribution in [0.5, 0.6) is 5.75 Å². The van der Waals surface area contributed by atoms with Gasteiger partial charge < -0.3 is 10.1 Å². The van der Waals surface area contributed by atoms with E-state index in [9.17, 15) is 9.59 Å². The first-order valence-electron chi connectivity index (χ1n) is 7.49. The fourth-order valence-corrected chi connectivity index (χ4v) is 2.70. The zero-order valence-electron chi connectivity index (χ0n) is 13.6. The summed E-state index contributed by atoms with van der Waals surface area (Å²) in [5.74, 6) is -0.168. The van der Waals surface area contributed by atoms with Gasteiger partial charge in [0.1, 0.15) is 5.75 Å². The number of ether oxygens (including phenoxy) is 1. The third kappa shape index (κ3) is 3.87. The summed E-state index contributed by atoms with van der Waals surface area (Å²) in [6, 6.07) is 12.9. The van der Waals surface area contributed by atoms with Gasteiger partial charge in [0.2, 0.25) is 5.43 Å². The van der Waals surface area contributed by atoms with Crippen molar-refractivity contribution in [3.8, 4) is 11.4 Å². The molecule has 0 saturated heterocycles. The summed E-state index contributed by atoms with van der Waals surface area (Å²) in [5, 5.41) is 7.56. The Morgan fingerprint density at radius 3 is 2.65 bits per heavy atom. The van der Waals surface area contributed by atoms with Gasteiger partial charge in [0.15, 0.2) is 5.69 Å². The summed E-state index contributed by atoms with van der Waals surface area (Å²) in [6.45, 7) is 0. The molecule has 1 N–H and O–H groups in total. The maximum absolute atomic E-state index is 12.5. The fourth-order valence-electron chi connectivity index (χ4n) is 2.26. The van der Waals surface area contributed by atoms with Gasteiger partial charge in [-0.25, -0.2) is 4.68 Å². The number of carbonyl (C=O) groups is 1. The molecule has 0 fully saturated rings. The second kappa shape index (κ2) is 7.59. The van der Waals surface area contributed by atoms with Crippen molar-refractivity contribution in [2.45, 2.75) is 0 Å². The van der Waals surface area contributed by atoms with Crippen molar-refractivity contribution in [2.24, 2.45) is 0 Å². The first kappa shape index (κ1) is 18.0. The molecule has 0 unspecified atom stereocenters. The average molecular weight is 390 g/mol. The maximum atomic E-state index is 12.5. The van der Waals surface area contributed by atoms with Crippen LogP contribution in [0.3, 0.4) is 0 Å². The highest BCUT2D eigenvalue weighted by Crippen LogP contribution is 2.27. The van der Waals surface area contributed by atoms with Crippen LogP contribution in [-0.4, -0.2) is 22.8 Å². The van der Waals surface area contributed by atoms with Gasteiger partial charge in [-0.15, -0.1) is 0 Å². The van der Waals surface area contributed by atoms with Crippen molar-refractivity contribution in [1.82, 2.24) is 9.78 Å². The Labute approximate surface area is 158 Å². The number of rotatable bonds is 4. The lowest BCUT2D eigenvalue weighted by atomic mass is 10.2. The summed E-state index contributed by atoms with van der Waals surface area (Å²) in [6.07, 6.45) is 1.47. The van der Waals surface area contributed by atoms with Crippen LogP contribution in [0.15, 0.2) is 59.5 Å². The van der Waals surface area contributed by atoms with Crippen molar-refractivity contribution in [1.29, 1.82) is 0 Å². The molecule has 0 saturated carbocycles. The molecule has 1 aromatic heterocycles. The van der Waals surface area contributed by atoms with Crippen LogP contribution in [0.25, 0.3) is 5.69 Å². The zero-order valence-corrected chi connectivity index (χ0v) is 15.1. The molecule has 0 aliphatic carbocycles. The topological polar surface area (TPSA) is 73.2 Å². The number of benzene rings is 2. The summed E-state index contributed by atoms with van der Waals surface area (Å²) in [7, 11) is 1.49. The van der Waals surface area contributed by atoms with E-state index in [1.807, 2.05) is 0 Å². The van der Waals surface area contributed by atoms with Gasteiger partial charge in [-0.3, -0.25) is 9.59 Å². The number of hydrogen-bond acceptors (Lipinski definition) is 4. The predicted octanol–water partition coefficient (Wildman–Crippen LogP) is 3.80. The third-order valence-electron chi connectivity index (χ3n) is 3.51. The Kier molecular flexibility index (Phi) is 5.25. The van der Waals surface area contributed by atoms with E-state index in [-0.39, 0.29) is 5.69 Å². The van der Waals surface area contributed by atoms with Gasteiger partial charge >= 0.3 is 0 Å². The molecule has 2 aromatic carbocycles. The van der Waals surface area contributed by atoms with E-state index in [4.69, 9.17) is 27.9 Å². The molecule has 0 aliphatic heterocycles. The second-order valence-corrected chi connectivity index (χ2v) is 6.10. The molecule has 1 amide bonds. The number of hydrogen-bond donors (Lipinski definition) is 1. The highest BCUT2D eigenvalue weighted by Gasteiger charge is 2.14. The van der Waals surface area contributed by atoms with Crippen molar-refractivity contribution in [3.63, 3.8) is 0 Å². The molecule has 6 nitrogen and oxygen atoms in total. The number of halogens is 2. The molecule has 0 atom stereocenters.